The van der Waals surface area contributed by atoms with Crippen LogP contribution >= 0.6 is 11.8 Å². The largest absolute Gasteiger partial charge is 0.478 e. The molecule has 122 valence electrons. The van der Waals surface area contributed by atoms with Crippen molar-refractivity contribution in [3.63, 3.8) is 0 Å². The molecule has 3 aromatic rings. The van der Waals surface area contributed by atoms with E-state index in [0.717, 1.165) is 9.79 Å². The molecule has 9 heteroatoms. The van der Waals surface area contributed by atoms with Gasteiger partial charge < -0.3 is 14.8 Å². The van der Waals surface area contributed by atoms with Gasteiger partial charge >= 0.3 is 12.1 Å². The molecule has 0 atom stereocenters. The highest BCUT2D eigenvalue weighted by Gasteiger charge is 2.09. The molecule has 0 spiro atoms. The highest BCUT2D eigenvalue weighted by molar-refractivity contribution is 7.99. The summed E-state index contributed by atoms with van der Waals surface area (Å²) in [6, 6.07) is 8.37. The average Bonchev–Trinajstić information content (AvgIpc) is 2.96. The Hall–Kier alpha value is -3.07. The SMILES string of the molecule is COC(=O)Nc1nc2cc(Sc3ccc(C(=O)O)cc3)cnc2[nH]1. The lowest BCUT2D eigenvalue weighted by Crippen LogP contribution is -2.11. The summed E-state index contributed by atoms with van der Waals surface area (Å²) >= 11 is 1.43. The molecule has 3 rings (SSSR count). The number of carboxylic acid groups (broad SMARTS) is 1. The van der Waals surface area contributed by atoms with E-state index in [9.17, 15) is 9.59 Å². The second-order valence-electron chi connectivity index (χ2n) is 4.67. The maximum Gasteiger partial charge on any atom is 0.413 e. The van der Waals surface area contributed by atoms with Gasteiger partial charge in [-0.25, -0.2) is 19.6 Å². The van der Waals surface area contributed by atoms with Crippen molar-refractivity contribution in [1.82, 2.24) is 15.0 Å². The van der Waals surface area contributed by atoms with Crippen molar-refractivity contribution in [2.45, 2.75) is 9.79 Å². The summed E-state index contributed by atoms with van der Waals surface area (Å²) in [6.07, 6.45) is 1.04. The molecule has 0 bridgehead atoms. The zero-order valence-electron chi connectivity index (χ0n) is 12.4. The molecule has 0 saturated carbocycles. The molecule has 0 unspecified atom stereocenters. The molecule has 2 aromatic heterocycles. The van der Waals surface area contributed by atoms with Crippen molar-refractivity contribution in [3.8, 4) is 0 Å². The van der Waals surface area contributed by atoms with Crippen molar-refractivity contribution in [1.29, 1.82) is 0 Å². The van der Waals surface area contributed by atoms with E-state index in [1.165, 1.54) is 18.9 Å². The van der Waals surface area contributed by atoms with Gasteiger partial charge in [0.05, 0.1) is 12.7 Å². The van der Waals surface area contributed by atoms with E-state index in [1.807, 2.05) is 6.07 Å². The Morgan fingerprint density at radius 3 is 2.67 bits per heavy atom. The second-order valence-corrected chi connectivity index (χ2v) is 5.82. The summed E-state index contributed by atoms with van der Waals surface area (Å²) in [5, 5.41) is 11.3. The minimum atomic E-state index is -0.961. The minimum absolute atomic E-state index is 0.235. The number of fused-ring (bicyclic) bond motifs is 1. The van der Waals surface area contributed by atoms with Crippen LogP contribution in [0, 0.1) is 0 Å². The molecular weight excluding hydrogens is 332 g/mol. The van der Waals surface area contributed by atoms with Gasteiger partial charge in [-0.3, -0.25) is 5.32 Å². The fourth-order valence-corrected chi connectivity index (χ4v) is 2.76. The highest BCUT2D eigenvalue weighted by atomic mass is 32.2. The van der Waals surface area contributed by atoms with Gasteiger partial charge in [-0.05, 0) is 30.3 Å². The number of methoxy groups -OCH3 is 1. The number of anilines is 1. The molecule has 1 aromatic carbocycles. The lowest BCUT2D eigenvalue weighted by Gasteiger charge is -2.01. The number of nitrogens with one attached hydrogen (secondary N) is 2. The second kappa shape index (κ2) is 6.59. The third kappa shape index (κ3) is 3.46. The van der Waals surface area contributed by atoms with Crippen LogP contribution in [0.15, 0.2) is 46.3 Å². The maximum absolute atomic E-state index is 11.2. The number of rotatable bonds is 4. The average molecular weight is 344 g/mol. The first-order valence-electron chi connectivity index (χ1n) is 6.77. The third-order valence-corrected chi connectivity index (χ3v) is 4.02. The molecule has 1 amide bonds. The number of aromatic amines is 1. The zero-order chi connectivity index (χ0) is 17.1. The fourth-order valence-electron chi connectivity index (χ4n) is 1.94. The quantitative estimate of drug-likeness (QED) is 0.666. The van der Waals surface area contributed by atoms with Crippen LogP contribution in [-0.2, 0) is 4.74 Å². The number of amides is 1. The van der Waals surface area contributed by atoms with Gasteiger partial charge in [0.25, 0.3) is 0 Å². The van der Waals surface area contributed by atoms with E-state index in [2.05, 4.69) is 25.0 Å². The Morgan fingerprint density at radius 2 is 2.00 bits per heavy atom. The predicted octanol–water partition coefficient (Wildman–Crippen LogP) is 2.99. The Labute approximate surface area is 140 Å². The number of aromatic nitrogens is 3. The van der Waals surface area contributed by atoms with Crippen molar-refractivity contribution in [3.05, 3.63) is 42.1 Å². The number of carbonyl (C=O) groups excluding carboxylic acids is 1. The standard InChI is InChI=1S/C15H12N4O4S/c1-23-15(22)19-14-17-11-6-10(7-16-12(11)18-14)24-9-4-2-8(3-5-9)13(20)21/h2-7H,1H3,(H,20,21)(H2,16,17,18,19,22). The Bertz CT molecular complexity index is 907. The third-order valence-electron chi connectivity index (χ3n) is 3.05. The summed E-state index contributed by atoms with van der Waals surface area (Å²) < 4.78 is 4.50. The number of aromatic carboxylic acids is 1. The van der Waals surface area contributed by atoms with Gasteiger partial charge in [0.15, 0.2) is 5.65 Å². The molecule has 8 nitrogen and oxygen atoms in total. The summed E-state index contributed by atoms with van der Waals surface area (Å²) in [5.74, 6) is -0.714. The number of imidazole rings is 1. The van der Waals surface area contributed by atoms with Gasteiger partial charge in [-0.2, -0.15) is 0 Å². The first kappa shape index (κ1) is 15.8. The van der Waals surface area contributed by atoms with Gasteiger partial charge in [-0.15, -0.1) is 0 Å². The monoisotopic (exact) mass is 344 g/mol. The fraction of sp³-hybridized carbons (Fsp3) is 0.0667. The molecule has 0 saturated heterocycles. The Kier molecular flexibility index (Phi) is 4.34. The van der Waals surface area contributed by atoms with Crippen LogP contribution in [0.5, 0.6) is 0 Å². The minimum Gasteiger partial charge on any atom is -0.478 e. The van der Waals surface area contributed by atoms with Crippen LogP contribution in [0.4, 0.5) is 10.7 Å². The summed E-state index contributed by atoms with van der Waals surface area (Å²) in [5.41, 5.74) is 1.36. The van der Waals surface area contributed by atoms with Crippen LogP contribution in [0.3, 0.4) is 0 Å². The number of nitrogens with zero attached hydrogens (tertiary/aromatic N) is 2. The lowest BCUT2D eigenvalue weighted by molar-refractivity contribution is 0.0696. The first-order chi connectivity index (χ1) is 11.5. The summed E-state index contributed by atoms with van der Waals surface area (Å²) in [7, 11) is 1.26. The van der Waals surface area contributed by atoms with Gasteiger partial charge in [0, 0.05) is 16.0 Å². The van der Waals surface area contributed by atoms with Gasteiger partial charge in [-0.1, -0.05) is 11.8 Å². The van der Waals surface area contributed by atoms with Crippen molar-refractivity contribution in [2.24, 2.45) is 0 Å². The van der Waals surface area contributed by atoms with E-state index < -0.39 is 12.1 Å². The number of H-pyrrole nitrogens is 1. The van der Waals surface area contributed by atoms with Crippen LogP contribution < -0.4 is 5.32 Å². The van der Waals surface area contributed by atoms with Gasteiger partial charge in [0.1, 0.15) is 5.52 Å². The highest BCUT2D eigenvalue weighted by Crippen LogP contribution is 2.29. The van der Waals surface area contributed by atoms with Crippen molar-refractivity contribution in [2.75, 3.05) is 12.4 Å². The van der Waals surface area contributed by atoms with E-state index in [0.29, 0.717) is 11.2 Å². The first-order valence-corrected chi connectivity index (χ1v) is 7.59. The van der Waals surface area contributed by atoms with E-state index >= 15 is 0 Å². The van der Waals surface area contributed by atoms with Gasteiger partial charge in [0.2, 0.25) is 5.95 Å². The molecule has 0 aliphatic rings. The molecule has 0 fully saturated rings. The van der Waals surface area contributed by atoms with Crippen LogP contribution in [-0.4, -0.2) is 39.2 Å². The van der Waals surface area contributed by atoms with Crippen LogP contribution in [0.1, 0.15) is 10.4 Å². The number of pyridine rings is 1. The number of hydrogen-bond donors (Lipinski definition) is 3. The normalized spacial score (nSPS) is 10.5. The summed E-state index contributed by atoms with van der Waals surface area (Å²) in [4.78, 5) is 35.1. The molecule has 0 aliphatic carbocycles. The van der Waals surface area contributed by atoms with E-state index in [1.54, 1.807) is 30.5 Å². The summed E-state index contributed by atoms with van der Waals surface area (Å²) in [6.45, 7) is 0. The Balaban J connectivity index is 1.79. The molecule has 0 aliphatic heterocycles. The van der Waals surface area contributed by atoms with Crippen LogP contribution in [0.25, 0.3) is 11.2 Å². The number of hydrogen-bond acceptors (Lipinski definition) is 6. The Morgan fingerprint density at radius 1 is 1.25 bits per heavy atom. The maximum atomic E-state index is 11.2. The molecule has 3 N–H and O–H groups in total. The van der Waals surface area contributed by atoms with Crippen molar-refractivity contribution >= 4 is 40.9 Å². The van der Waals surface area contributed by atoms with Crippen LogP contribution in [0.2, 0.25) is 0 Å². The lowest BCUT2D eigenvalue weighted by atomic mass is 10.2. The van der Waals surface area contributed by atoms with Crippen molar-refractivity contribution < 1.29 is 19.4 Å². The predicted molar refractivity (Wildman–Crippen MR) is 87.4 cm³/mol. The number of benzene rings is 1. The number of ether oxygens (including phenoxy) is 1. The molecule has 0 radical (unpaired) electrons. The smallest absolute Gasteiger partial charge is 0.413 e. The van der Waals surface area contributed by atoms with E-state index in [4.69, 9.17) is 5.11 Å². The van der Waals surface area contributed by atoms with E-state index in [-0.39, 0.29) is 11.5 Å². The molecule has 2 heterocycles. The molecule has 24 heavy (non-hydrogen) atoms. The number of carboxylic acids is 1. The topological polar surface area (TPSA) is 117 Å². The molecular formula is C15H12N4O4S. The number of carbonyl (C=O) groups is 2. The zero-order valence-corrected chi connectivity index (χ0v) is 13.3.